The molecule has 1 aromatic heterocycles. The first-order valence-corrected chi connectivity index (χ1v) is 6.23. The van der Waals surface area contributed by atoms with Crippen LogP contribution in [0.3, 0.4) is 0 Å². The Morgan fingerprint density at radius 3 is 2.94 bits per heavy atom. The maximum Gasteiger partial charge on any atom is 0.338 e. The maximum atomic E-state index is 10.7. The molecule has 0 aliphatic rings. The number of furan rings is 1. The van der Waals surface area contributed by atoms with E-state index in [2.05, 4.69) is 21.2 Å². The molecule has 0 spiro atoms. The zero-order chi connectivity index (χ0) is 13.1. The van der Waals surface area contributed by atoms with E-state index in [-0.39, 0.29) is 5.56 Å². The van der Waals surface area contributed by atoms with Crippen molar-refractivity contribution in [3.8, 4) is 0 Å². The molecule has 2 N–H and O–H groups in total. The van der Waals surface area contributed by atoms with Gasteiger partial charge < -0.3 is 14.8 Å². The van der Waals surface area contributed by atoms with E-state index >= 15 is 0 Å². The van der Waals surface area contributed by atoms with E-state index in [9.17, 15) is 4.79 Å². The first-order chi connectivity index (χ1) is 8.58. The second-order valence-electron chi connectivity index (χ2n) is 3.56. The molecule has 0 fully saturated rings. The lowest BCUT2D eigenvalue weighted by Gasteiger charge is -2.07. The Hall–Kier alpha value is -1.46. The summed E-state index contributed by atoms with van der Waals surface area (Å²) in [6.07, 6.45) is 1.21. The van der Waals surface area contributed by atoms with Gasteiger partial charge in [-0.25, -0.2) is 4.79 Å². The standard InChI is InChI=1S/C12H9BrClNO3/c13-11-9(14)2-1-3-10(11)15-5-8-4-7(6-18-8)12(16)17/h1-4,6,15H,5H2,(H,16,17). The van der Waals surface area contributed by atoms with Gasteiger partial charge in [-0.05, 0) is 34.1 Å². The normalized spacial score (nSPS) is 10.3. The average molecular weight is 331 g/mol. The Morgan fingerprint density at radius 2 is 2.28 bits per heavy atom. The fourth-order valence-electron chi connectivity index (χ4n) is 1.41. The highest BCUT2D eigenvalue weighted by atomic mass is 79.9. The number of nitrogens with one attached hydrogen (secondary N) is 1. The molecule has 18 heavy (non-hydrogen) atoms. The zero-order valence-electron chi connectivity index (χ0n) is 9.11. The summed E-state index contributed by atoms with van der Waals surface area (Å²) in [5.74, 6) is -0.465. The summed E-state index contributed by atoms with van der Waals surface area (Å²) in [6.45, 7) is 0.381. The van der Waals surface area contributed by atoms with Crippen LogP contribution in [0.15, 0.2) is 39.4 Å². The van der Waals surface area contributed by atoms with Crippen molar-refractivity contribution in [1.82, 2.24) is 0 Å². The van der Waals surface area contributed by atoms with Crippen molar-refractivity contribution in [2.75, 3.05) is 5.32 Å². The van der Waals surface area contributed by atoms with Gasteiger partial charge in [-0.15, -0.1) is 0 Å². The molecule has 0 unspecified atom stereocenters. The minimum absolute atomic E-state index is 0.136. The summed E-state index contributed by atoms with van der Waals surface area (Å²) in [7, 11) is 0. The highest BCUT2D eigenvalue weighted by molar-refractivity contribution is 9.10. The van der Waals surface area contributed by atoms with Gasteiger partial charge in [-0.2, -0.15) is 0 Å². The Balaban J connectivity index is 2.07. The number of anilines is 1. The molecule has 0 aliphatic heterocycles. The van der Waals surface area contributed by atoms with Gasteiger partial charge in [0.1, 0.15) is 12.0 Å². The summed E-state index contributed by atoms with van der Waals surface area (Å²) in [4.78, 5) is 10.7. The van der Waals surface area contributed by atoms with Gasteiger partial charge in [-0.1, -0.05) is 17.7 Å². The van der Waals surface area contributed by atoms with Crippen LogP contribution in [0.1, 0.15) is 16.1 Å². The van der Waals surface area contributed by atoms with Crippen molar-refractivity contribution in [3.05, 3.63) is 51.3 Å². The molecule has 1 aromatic carbocycles. The number of halogens is 2. The van der Waals surface area contributed by atoms with Crippen LogP contribution in [0.5, 0.6) is 0 Å². The Morgan fingerprint density at radius 1 is 1.50 bits per heavy atom. The van der Waals surface area contributed by atoms with E-state index in [4.69, 9.17) is 21.1 Å². The molecule has 6 heteroatoms. The van der Waals surface area contributed by atoms with Gasteiger partial charge >= 0.3 is 5.97 Å². The van der Waals surface area contributed by atoms with Gasteiger partial charge in [0.15, 0.2) is 0 Å². The molecule has 2 rings (SSSR count). The van der Waals surface area contributed by atoms with Crippen molar-refractivity contribution in [2.45, 2.75) is 6.54 Å². The number of aromatic carboxylic acids is 1. The summed E-state index contributed by atoms with van der Waals surface area (Å²) >= 11 is 9.32. The maximum absolute atomic E-state index is 10.7. The number of carboxylic acid groups (broad SMARTS) is 1. The quantitative estimate of drug-likeness (QED) is 0.889. The summed E-state index contributed by atoms with van der Waals surface area (Å²) in [6, 6.07) is 6.93. The fourth-order valence-corrected chi connectivity index (χ4v) is 1.99. The zero-order valence-corrected chi connectivity index (χ0v) is 11.5. The molecule has 0 bridgehead atoms. The van der Waals surface area contributed by atoms with Crippen LogP contribution in [0, 0.1) is 0 Å². The molecular weight excluding hydrogens is 321 g/mol. The number of carbonyl (C=O) groups is 1. The Bertz CT molecular complexity index is 582. The number of rotatable bonds is 4. The fraction of sp³-hybridized carbons (Fsp3) is 0.0833. The third kappa shape index (κ3) is 2.86. The number of carboxylic acids is 1. The van der Waals surface area contributed by atoms with Crippen LogP contribution in [0.4, 0.5) is 5.69 Å². The third-order valence-corrected chi connectivity index (χ3v) is 3.70. The Labute approximate surface area is 117 Å². The molecule has 1 heterocycles. The molecule has 0 amide bonds. The molecule has 0 saturated heterocycles. The van der Waals surface area contributed by atoms with Crippen molar-refractivity contribution < 1.29 is 14.3 Å². The lowest BCUT2D eigenvalue weighted by atomic mass is 10.3. The van der Waals surface area contributed by atoms with E-state index in [0.29, 0.717) is 17.3 Å². The average Bonchev–Trinajstić information content (AvgIpc) is 2.80. The first-order valence-electron chi connectivity index (χ1n) is 5.06. The Kier molecular flexibility index (Phi) is 3.93. The van der Waals surface area contributed by atoms with E-state index < -0.39 is 5.97 Å². The predicted molar refractivity (Wildman–Crippen MR) is 72.1 cm³/mol. The van der Waals surface area contributed by atoms with Gasteiger partial charge in [0.2, 0.25) is 0 Å². The summed E-state index contributed by atoms with van der Waals surface area (Å²) < 4.78 is 5.89. The lowest BCUT2D eigenvalue weighted by molar-refractivity contribution is 0.0696. The van der Waals surface area contributed by atoms with Crippen LogP contribution in [-0.2, 0) is 6.54 Å². The highest BCUT2D eigenvalue weighted by Gasteiger charge is 2.09. The van der Waals surface area contributed by atoms with Crippen LogP contribution in [0.2, 0.25) is 5.02 Å². The van der Waals surface area contributed by atoms with Crippen LogP contribution < -0.4 is 5.32 Å². The van der Waals surface area contributed by atoms with E-state index in [1.54, 1.807) is 6.07 Å². The predicted octanol–water partition coefficient (Wildman–Crippen LogP) is 4.01. The summed E-state index contributed by atoms with van der Waals surface area (Å²) in [5, 5.41) is 12.5. The number of hydrogen-bond donors (Lipinski definition) is 2. The second-order valence-corrected chi connectivity index (χ2v) is 4.76. The van der Waals surface area contributed by atoms with Crippen molar-refractivity contribution in [1.29, 1.82) is 0 Å². The SMILES string of the molecule is O=C(O)c1coc(CNc2cccc(Cl)c2Br)c1. The molecule has 2 aromatic rings. The van der Waals surface area contributed by atoms with E-state index in [0.717, 1.165) is 10.2 Å². The van der Waals surface area contributed by atoms with Gasteiger partial charge in [-0.3, -0.25) is 0 Å². The van der Waals surface area contributed by atoms with E-state index in [1.807, 2.05) is 12.1 Å². The van der Waals surface area contributed by atoms with E-state index in [1.165, 1.54) is 12.3 Å². The summed E-state index contributed by atoms with van der Waals surface area (Å²) in [5.41, 5.74) is 0.952. The topological polar surface area (TPSA) is 62.5 Å². The minimum Gasteiger partial charge on any atom is -0.478 e. The molecule has 94 valence electrons. The largest absolute Gasteiger partial charge is 0.478 e. The first kappa shape index (κ1) is 13.0. The lowest BCUT2D eigenvalue weighted by Crippen LogP contribution is -1.99. The molecule has 0 saturated carbocycles. The number of benzene rings is 1. The van der Waals surface area contributed by atoms with Crippen LogP contribution in [0.25, 0.3) is 0 Å². The minimum atomic E-state index is -1.01. The molecule has 0 atom stereocenters. The molecule has 4 nitrogen and oxygen atoms in total. The second kappa shape index (κ2) is 5.46. The van der Waals surface area contributed by atoms with Gasteiger partial charge in [0, 0.05) is 0 Å². The van der Waals surface area contributed by atoms with Crippen molar-refractivity contribution in [3.63, 3.8) is 0 Å². The van der Waals surface area contributed by atoms with Crippen LogP contribution >= 0.6 is 27.5 Å². The number of hydrogen-bond acceptors (Lipinski definition) is 3. The molecule has 0 aliphatic carbocycles. The monoisotopic (exact) mass is 329 g/mol. The van der Waals surface area contributed by atoms with Crippen LogP contribution in [-0.4, -0.2) is 11.1 Å². The van der Waals surface area contributed by atoms with Gasteiger partial charge in [0.25, 0.3) is 0 Å². The smallest absolute Gasteiger partial charge is 0.338 e. The molecular formula is C12H9BrClNO3. The third-order valence-electron chi connectivity index (χ3n) is 2.31. The molecule has 0 radical (unpaired) electrons. The van der Waals surface area contributed by atoms with Crippen molar-refractivity contribution in [2.24, 2.45) is 0 Å². The van der Waals surface area contributed by atoms with Gasteiger partial charge in [0.05, 0.1) is 27.3 Å². The highest BCUT2D eigenvalue weighted by Crippen LogP contribution is 2.30. The van der Waals surface area contributed by atoms with Crippen molar-refractivity contribution >= 4 is 39.2 Å².